The highest BCUT2D eigenvalue weighted by atomic mass is 35.5. The van der Waals surface area contributed by atoms with Crippen LogP contribution in [-0.2, 0) is 0 Å². The Balaban J connectivity index is 1.46. The van der Waals surface area contributed by atoms with Gasteiger partial charge in [0.2, 0.25) is 0 Å². The fourth-order valence-electron chi connectivity index (χ4n) is 4.30. The van der Waals surface area contributed by atoms with Crippen LogP contribution < -0.4 is 16.4 Å². The van der Waals surface area contributed by atoms with Gasteiger partial charge in [0.25, 0.3) is 17.7 Å². The molecule has 0 saturated heterocycles. The Hall–Kier alpha value is -3.72. The molecule has 1 saturated carbocycles. The predicted octanol–water partition coefficient (Wildman–Crippen LogP) is 4.33. The number of primary amides is 1. The van der Waals surface area contributed by atoms with Gasteiger partial charge in [-0.2, -0.15) is 0 Å². The molecule has 182 valence electrons. The van der Waals surface area contributed by atoms with Crippen molar-refractivity contribution in [2.24, 2.45) is 11.7 Å². The number of benzene rings is 2. The van der Waals surface area contributed by atoms with E-state index in [9.17, 15) is 18.8 Å². The van der Waals surface area contributed by atoms with Gasteiger partial charge in [-0.25, -0.2) is 9.37 Å². The van der Waals surface area contributed by atoms with Crippen LogP contribution in [0.5, 0.6) is 0 Å². The second-order valence-corrected chi connectivity index (χ2v) is 8.90. The molecule has 1 heterocycles. The highest BCUT2D eigenvalue weighted by Gasteiger charge is 2.23. The van der Waals surface area contributed by atoms with Crippen LogP contribution in [0.2, 0.25) is 5.02 Å². The summed E-state index contributed by atoms with van der Waals surface area (Å²) in [6, 6.07) is 10.00. The number of nitrogens with two attached hydrogens (primary N) is 1. The van der Waals surface area contributed by atoms with Gasteiger partial charge in [0.15, 0.2) is 5.69 Å². The van der Waals surface area contributed by atoms with Gasteiger partial charge in [-0.3, -0.25) is 19.0 Å². The Bertz CT molecular complexity index is 1250. The van der Waals surface area contributed by atoms with Crippen LogP contribution in [0.25, 0.3) is 5.69 Å². The average Bonchev–Trinajstić information content (AvgIpc) is 3.49. The molecule has 10 heteroatoms. The van der Waals surface area contributed by atoms with Crippen LogP contribution >= 0.6 is 11.6 Å². The third-order valence-electron chi connectivity index (χ3n) is 6.11. The molecule has 1 aliphatic rings. The molecule has 3 aromatic rings. The van der Waals surface area contributed by atoms with Gasteiger partial charge in [0.05, 0.1) is 10.6 Å². The standard InChI is InChI=1S/C25H25ClFN5O3/c26-20-13-16(27)5-10-19(20)24(34)31-17-6-8-18(9-7-17)32-14-30-21(22(32)23(28)33)25(35)29-12-11-15-3-1-2-4-15/h5-10,13-15H,1-4,11-12H2,(H2,28,33)(H,29,35)(H,31,34). The molecule has 0 atom stereocenters. The summed E-state index contributed by atoms with van der Waals surface area (Å²) in [7, 11) is 0. The van der Waals surface area contributed by atoms with Crippen molar-refractivity contribution in [2.45, 2.75) is 32.1 Å². The molecule has 0 aliphatic heterocycles. The molecule has 1 aromatic heterocycles. The van der Waals surface area contributed by atoms with Crippen molar-refractivity contribution in [2.75, 3.05) is 11.9 Å². The molecule has 8 nitrogen and oxygen atoms in total. The van der Waals surface area contributed by atoms with Crippen molar-refractivity contribution < 1.29 is 18.8 Å². The van der Waals surface area contributed by atoms with E-state index in [-0.39, 0.29) is 22.0 Å². The van der Waals surface area contributed by atoms with Crippen molar-refractivity contribution in [1.82, 2.24) is 14.9 Å². The monoisotopic (exact) mass is 497 g/mol. The smallest absolute Gasteiger partial charge is 0.272 e. The third-order valence-corrected chi connectivity index (χ3v) is 6.42. The summed E-state index contributed by atoms with van der Waals surface area (Å²) in [4.78, 5) is 41.4. The third kappa shape index (κ3) is 5.68. The molecular weight excluding hydrogens is 473 g/mol. The first-order valence-corrected chi connectivity index (χ1v) is 11.7. The molecule has 0 unspecified atom stereocenters. The quantitative estimate of drug-likeness (QED) is 0.429. The number of hydrogen-bond acceptors (Lipinski definition) is 4. The lowest BCUT2D eigenvalue weighted by molar-refractivity contribution is 0.0928. The van der Waals surface area contributed by atoms with Crippen molar-refractivity contribution in [3.63, 3.8) is 0 Å². The molecule has 1 fully saturated rings. The molecular formula is C25H25ClFN5O3. The van der Waals surface area contributed by atoms with Crippen molar-refractivity contribution in [1.29, 1.82) is 0 Å². The number of hydrogen-bond donors (Lipinski definition) is 3. The minimum atomic E-state index is -0.785. The lowest BCUT2D eigenvalue weighted by atomic mass is 10.0. The van der Waals surface area contributed by atoms with E-state index in [2.05, 4.69) is 15.6 Å². The summed E-state index contributed by atoms with van der Waals surface area (Å²) in [6.45, 7) is 0.515. The van der Waals surface area contributed by atoms with Gasteiger partial charge in [0.1, 0.15) is 17.8 Å². The minimum absolute atomic E-state index is 0.00214. The zero-order valence-electron chi connectivity index (χ0n) is 18.9. The van der Waals surface area contributed by atoms with Crippen molar-refractivity contribution in [3.8, 4) is 5.69 Å². The summed E-state index contributed by atoms with van der Waals surface area (Å²) in [5, 5.41) is 5.51. The van der Waals surface area contributed by atoms with Gasteiger partial charge < -0.3 is 16.4 Å². The molecule has 3 amide bonds. The van der Waals surface area contributed by atoms with E-state index in [1.54, 1.807) is 24.3 Å². The molecule has 0 radical (unpaired) electrons. The highest BCUT2D eigenvalue weighted by Crippen LogP contribution is 2.27. The number of amides is 3. The first-order chi connectivity index (χ1) is 16.8. The fourth-order valence-corrected chi connectivity index (χ4v) is 4.55. The Morgan fingerprint density at radius 2 is 1.80 bits per heavy atom. The number of halogens is 2. The zero-order valence-corrected chi connectivity index (χ0v) is 19.6. The van der Waals surface area contributed by atoms with Gasteiger partial charge in [-0.15, -0.1) is 0 Å². The van der Waals surface area contributed by atoms with E-state index in [0.717, 1.165) is 18.6 Å². The molecule has 0 spiro atoms. The number of nitrogens with one attached hydrogen (secondary N) is 2. The first kappa shape index (κ1) is 24.4. The summed E-state index contributed by atoms with van der Waals surface area (Å²) >= 11 is 5.95. The molecule has 2 aromatic carbocycles. The van der Waals surface area contributed by atoms with Crippen LogP contribution in [0.1, 0.15) is 63.4 Å². The van der Waals surface area contributed by atoms with Crippen molar-refractivity contribution in [3.05, 3.63) is 76.6 Å². The van der Waals surface area contributed by atoms with Gasteiger partial charge in [-0.05, 0) is 54.8 Å². The van der Waals surface area contributed by atoms with E-state index in [4.69, 9.17) is 17.3 Å². The molecule has 0 bridgehead atoms. The summed E-state index contributed by atoms with van der Waals surface area (Å²) < 4.78 is 14.7. The number of carbonyl (C=O) groups excluding carboxylic acids is 3. The van der Waals surface area contributed by atoms with Crippen LogP contribution in [0.4, 0.5) is 10.1 Å². The number of anilines is 1. The lowest BCUT2D eigenvalue weighted by Gasteiger charge is -2.11. The zero-order chi connectivity index (χ0) is 24.9. The fraction of sp³-hybridized carbons (Fsp3) is 0.280. The SMILES string of the molecule is NC(=O)c1c(C(=O)NCCC2CCCC2)ncn1-c1ccc(NC(=O)c2ccc(F)cc2Cl)cc1. The first-order valence-electron chi connectivity index (χ1n) is 11.4. The number of aromatic nitrogens is 2. The maximum absolute atomic E-state index is 13.2. The Kier molecular flexibility index (Phi) is 7.45. The molecule has 4 N–H and O–H groups in total. The topological polar surface area (TPSA) is 119 Å². The average molecular weight is 498 g/mol. The van der Waals surface area contributed by atoms with Crippen LogP contribution in [-0.4, -0.2) is 33.8 Å². The van der Waals surface area contributed by atoms with E-state index < -0.39 is 23.5 Å². The number of imidazole rings is 1. The number of nitrogens with zero attached hydrogens (tertiary/aromatic N) is 2. The van der Waals surface area contributed by atoms with Gasteiger partial charge in [-0.1, -0.05) is 37.3 Å². The normalized spacial score (nSPS) is 13.5. The second-order valence-electron chi connectivity index (χ2n) is 8.50. The maximum Gasteiger partial charge on any atom is 0.272 e. The molecule has 4 rings (SSSR count). The van der Waals surface area contributed by atoms with Crippen molar-refractivity contribution >= 4 is 35.0 Å². The minimum Gasteiger partial charge on any atom is -0.364 e. The van der Waals surface area contributed by atoms with Crippen LogP contribution in [0, 0.1) is 11.7 Å². The van der Waals surface area contributed by atoms with E-state index in [0.29, 0.717) is 23.8 Å². The van der Waals surface area contributed by atoms with Crippen LogP contribution in [0.15, 0.2) is 48.8 Å². The predicted molar refractivity (Wildman–Crippen MR) is 130 cm³/mol. The van der Waals surface area contributed by atoms with E-state index in [1.807, 2.05) is 0 Å². The summed E-state index contributed by atoms with van der Waals surface area (Å²) in [5.74, 6) is -1.65. The van der Waals surface area contributed by atoms with E-state index in [1.165, 1.54) is 42.6 Å². The summed E-state index contributed by atoms with van der Waals surface area (Å²) in [5.41, 5.74) is 6.61. The van der Waals surface area contributed by atoms with E-state index >= 15 is 0 Å². The van der Waals surface area contributed by atoms with Crippen LogP contribution in [0.3, 0.4) is 0 Å². The van der Waals surface area contributed by atoms with Gasteiger partial charge in [0, 0.05) is 17.9 Å². The lowest BCUT2D eigenvalue weighted by Crippen LogP contribution is -2.29. The maximum atomic E-state index is 13.2. The number of carbonyl (C=O) groups is 3. The number of rotatable bonds is 8. The largest absolute Gasteiger partial charge is 0.364 e. The highest BCUT2D eigenvalue weighted by molar-refractivity contribution is 6.34. The Morgan fingerprint density at radius 1 is 1.09 bits per heavy atom. The van der Waals surface area contributed by atoms with Gasteiger partial charge >= 0.3 is 0 Å². The molecule has 35 heavy (non-hydrogen) atoms. The second kappa shape index (κ2) is 10.7. The molecule has 1 aliphatic carbocycles. The Labute approximate surface area is 206 Å². The Morgan fingerprint density at radius 3 is 2.46 bits per heavy atom. The summed E-state index contributed by atoms with van der Waals surface area (Å²) in [6.07, 6.45) is 7.09.